The first-order valence-corrected chi connectivity index (χ1v) is 10.2. The van der Waals surface area contributed by atoms with Crippen LogP contribution in [0.25, 0.3) is 0 Å². The minimum absolute atomic E-state index is 0.259. The second-order valence-electron chi connectivity index (χ2n) is 8.02. The Bertz CT molecular complexity index is 632. The van der Waals surface area contributed by atoms with Crippen molar-refractivity contribution in [2.24, 2.45) is 11.7 Å². The lowest BCUT2D eigenvalue weighted by Gasteiger charge is -2.28. The van der Waals surface area contributed by atoms with Crippen LogP contribution < -0.4 is 11.1 Å². The van der Waals surface area contributed by atoms with E-state index >= 15 is 0 Å². The van der Waals surface area contributed by atoms with Crippen molar-refractivity contribution < 1.29 is 14.6 Å². The van der Waals surface area contributed by atoms with E-state index in [-0.39, 0.29) is 6.10 Å². The highest BCUT2D eigenvalue weighted by Crippen LogP contribution is 2.28. The summed E-state index contributed by atoms with van der Waals surface area (Å²) in [6.45, 7) is 0. The predicted molar refractivity (Wildman–Crippen MR) is 104 cm³/mol. The van der Waals surface area contributed by atoms with Gasteiger partial charge in [0.1, 0.15) is 0 Å². The maximum absolute atomic E-state index is 11.8. The summed E-state index contributed by atoms with van der Waals surface area (Å²) >= 11 is 0. The van der Waals surface area contributed by atoms with Gasteiger partial charge in [-0.1, -0.05) is 12.8 Å². The minimum atomic E-state index is -0.494. The first-order valence-electron chi connectivity index (χ1n) is 10.2. The topological polar surface area (TPSA) is 110 Å². The smallest absolute Gasteiger partial charge is 0.252 e. The summed E-state index contributed by atoms with van der Waals surface area (Å²) in [5.41, 5.74) is 6.63. The maximum Gasteiger partial charge on any atom is 0.252 e. The second-order valence-corrected chi connectivity index (χ2v) is 8.02. The van der Waals surface area contributed by atoms with E-state index in [1.165, 1.54) is 0 Å². The Hall–Kier alpha value is -1.73. The number of aliphatic hydroxyl groups is 1. The van der Waals surface area contributed by atoms with E-state index in [0.29, 0.717) is 41.7 Å². The van der Waals surface area contributed by atoms with Gasteiger partial charge in [-0.25, -0.2) is 9.97 Å². The summed E-state index contributed by atoms with van der Waals surface area (Å²) in [4.78, 5) is 20.8. The Kier molecular flexibility index (Phi) is 7.01. The molecule has 1 heterocycles. The second kappa shape index (κ2) is 9.46. The molecule has 150 valence electrons. The normalized spacial score (nSPS) is 29.1. The molecule has 0 bridgehead atoms. The Morgan fingerprint density at radius 1 is 1.26 bits per heavy atom. The highest BCUT2D eigenvalue weighted by molar-refractivity contribution is 5.93. The molecule has 0 radical (unpaired) electrons. The van der Waals surface area contributed by atoms with Crippen LogP contribution in [0.2, 0.25) is 0 Å². The Morgan fingerprint density at radius 3 is 2.70 bits per heavy atom. The van der Waals surface area contributed by atoms with Gasteiger partial charge in [-0.15, -0.1) is 0 Å². The standard InChI is InChI=1S/C20H32N4O3/c1-27-16-8-6-14(7-9-16)23-20-22-12-17(19(21)26)18(24-20)11-13-4-2-3-5-15(25)10-13/h12-16,25H,2-11H2,1H3,(H2,21,26)(H,22,23,24)/t13-,14?,15-,16?/m1/s1. The molecule has 0 aliphatic heterocycles. The number of primary amides is 1. The van der Waals surface area contributed by atoms with Crippen molar-refractivity contribution in [3.63, 3.8) is 0 Å². The minimum Gasteiger partial charge on any atom is -0.393 e. The fraction of sp³-hybridized carbons (Fsp3) is 0.750. The number of rotatable bonds is 6. The molecule has 3 rings (SSSR count). The number of aliphatic hydroxyl groups excluding tert-OH is 1. The van der Waals surface area contributed by atoms with E-state index in [1.807, 2.05) is 0 Å². The summed E-state index contributed by atoms with van der Waals surface area (Å²) < 4.78 is 5.42. The number of anilines is 1. The number of hydrogen-bond donors (Lipinski definition) is 3. The van der Waals surface area contributed by atoms with E-state index in [0.717, 1.165) is 57.8 Å². The van der Waals surface area contributed by atoms with E-state index in [1.54, 1.807) is 13.3 Å². The van der Waals surface area contributed by atoms with Crippen LogP contribution in [0, 0.1) is 5.92 Å². The number of nitrogens with one attached hydrogen (secondary N) is 1. The zero-order chi connectivity index (χ0) is 19.2. The van der Waals surface area contributed by atoms with Gasteiger partial charge in [0.25, 0.3) is 5.91 Å². The molecule has 2 aliphatic carbocycles. The van der Waals surface area contributed by atoms with Gasteiger partial charge in [0, 0.05) is 19.3 Å². The van der Waals surface area contributed by atoms with Crippen molar-refractivity contribution in [1.29, 1.82) is 0 Å². The number of methoxy groups -OCH3 is 1. The van der Waals surface area contributed by atoms with Crippen molar-refractivity contribution >= 4 is 11.9 Å². The third-order valence-electron chi connectivity index (χ3n) is 5.96. The van der Waals surface area contributed by atoms with Gasteiger partial charge in [-0.3, -0.25) is 4.79 Å². The van der Waals surface area contributed by atoms with Crippen molar-refractivity contribution in [3.05, 3.63) is 17.5 Å². The van der Waals surface area contributed by atoms with E-state index in [9.17, 15) is 9.90 Å². The molecule has 7 heteroatoms. The molecule has 1 aromatic rings. The van der Waals surface area contributed by atoms with Crippen LogP contribution >= 0.6 is 0 Å². The fourth-order valence-electron chi connectivity index (χ4n) is 4.37. The van der Waals surface area contributed by atoms with Gasteiger partial charge in [0.15, 0.2) is 0 Å². The lowest BCUT2D eigenvalue weighted by atomic mass is 9.92. The van der Waals surface area contributed by atoms with Crippen molar-refractivity contribution in [1.82, 2.24) is 9.97 Å². The number of carbonyl (C=O) groups is 1. The highest BCUT2D eigenvalue weighted by Gasteiger charge is 2.24. The van der Waals surface area contributed by atoms with Gasteiger partial charge >= 0.3 is 0 Å². The molecule has 2 fully saturated rings. The van der Waals surface area contributed by atoms with Crippen LogP contribution in [0.5, 0.6) is 0 Å². The Balaban J connectivity index is 1.69. The van der Waals surface area contributed by atoms with Gasteiger partial charge in [0.2, 0.25) is 5.95 Å². The monoisotopic (exact) mass is 376 g/mol. The first-order chi connectivity index (χ1) is 13.0. The molecule has 7 nitrogen and oxygen atoms in total. The molecule has 0 saturated heterocycles. The molecule has 1 amide bonds. The number of amides is 1. The van der Waals surface area contributed by atoms with Crippen LogP contribution in [0.3, 0.4) is 0 Å². The van der Waals surface area contributed by atoms with Crippen LogP contribution in [0.15, 0.2) is 6.20 Å². The summed E-state index contributed by atoms with van der Waals surface area (Å²) in [5.74, 6) is 0.386. The molecule has 2 aliphatic rings. The van der Waals surface area contributed by atoms with Crippen molar-refractivity contribution in [3.8, 4) is 0 Å². The van der Waals surface area contributed by atoms with Crippen LogP contribution in [0.1, 0.15) is 73.8 Å². The number of nitrogens with two attached hydrogens (primary N) is 1. The number of nitrogens with zero attached hydrogens (tertiary/aromatic N) is 2. The number of aromatic nitrogens is 2. The Morgan fingerprint density at radius 2 is 2.00 bits per heavy atom. The van der Waals surface area contributed by atoms with Crippen molar-refractivity contribution in [2.75, 3.05) is 12.4 Å². The summed E-state index contributed by atoms with van der Waals surface area (Å²) in [6.07, 6.45) is 11.2. The largest absolute Gasteiger partial charge is 0.393 e. The molecule has 27 heavy (non-hydrogen) atoms. The van der Waals surface area contributed by atoms with E-state index in [2.05, 4.69) is 15.3 Å². The third-order valence-corrected chi connectivity index (χ3v) is 5.96. The SMILES string of the molecule is COC1CCC(Nc2ncc(C(N)=O)c(C[C@@H]3CCCC[C@@H](O)C3)n2)CC1. The third kappa shape index (κ3) is 5.62. The number of ether oxygens (including phenoxy) is 1. The molecule has 0 spiro atoms. The summed E-state index contributed by atoms with van der Waals surface area (Å²) in [7, 11) is 1.76. The quantitative estimate of drug-likeness (QED) is 0.658. The van der Waals surface area contributed by atoms with E-state index in [4.69, 9.17) is 10.5 Å². The highest BCUT2D eigenvalue weighted by atomic mass is 16.5. The first kappa shape index (κ1) is 20.0. The molecular formula is C20H32N4O3. The lowest BCUT2D eigenvalue weighted by Crippen LogP contribution is -2.30. The van der Waals surface area contributed by atoms with Gasteiger partial charge < -0.3 is 20.9 Å². The molecule has 0 unspecified atom stereocenters. The Labute approximate surface area is 161 Å². The van der Waals surface area contributed by atoms with Crippen LogP contribution in [-0.4, -0.2) is 46.3 Å². The zero-order valence-electron chi connectivity index (χ0n) is 16.2. The van der Waals surface area contributed by atoms with E-state index < -0.39 is 5.91 Å². The predicted octanol–water partition coefficient (Wildman–Crippen LogP) is 2.43. The number of hydrogen-bond acceptors (Lipinski definition) is 6. The van der Waals surface area contributed by atoms with Gasteiger partial charge in [-0.05, 0) is 57.3 Å². The molecule has 2 saturated carbocycles. The lowest BCUT2D eigenvalue weighted by molar-refractivity contribution is 0.0681. The van der Waals surface area contributed by atoms with Gasteiger partial charge in [-0.2, -0.15) is 0 Å². The molecular weight excluding hydrogens is 344 g/mol. The maximum atomic E-state index is 11.8. The zero-order valence-corrected chi connectivity index (χ0v) is 16.2. The van der Waals surface area contributed by atoms with Crippen molar-refractivity contribution in [2.45, 2.75) is 82.5 Å². The molecule has 1 aromatic heterocycles. The molecule has 4 N–H and O–H groups in total. The fourth-order valence-corrected chi connectivity index (χ4v) is 4.37. The van der Waals surface area contributed by atoms with Crippen LogP contribution in [0.4, 0.5) is 5.95 Å². The average Bonchev–Trinajstić information content (AvgIpc) is 2.86. The number of carbonyl (C=O) groups excluding carboxylic acids is 1. The summed E-state index contributed by atoms with van der Waals surface area (Å²) in [5, 5.41) is 13.5. The molecule has 0 aromatic carbocycles. The molecule has 2 atom stereocenters. The summed E-state index contributed by atoms with van der Waals surface area (Å²) in [6, 6.07) is 0.323. The average molecular weight is 377 g/mol. The van der Waals surface area contributed by atoms with Gasteiger partial charge in [0.05, 0.1) is 23.5 Å². The van der Waals surface area contributed by atoms with Crippen LogP contribution in [-0.2, 0) is 11.2 Å².